The van der Waals surface area contributed by atoms with Gasteiger partial charge in [-0.3, -0.25) is 4.79 Å². The van der Waals surface area contributed by atoms with Gasteiger partial charge in [0.05, 0.1) is 0 Å². The highest BCUT2D eigenvalue weighted by molar-refractivity contribution is 6.30. The fourth-order valence-electron chi connectivity index (χ4n) is 1.51. The summed E-state index contributed by atoms with van der Waals surface area (Å²) in [5.41, 5.74) is 1.11. The molecule has 1 unspecified atom stereocenters. The first-order valence-corrected chi connectivity index (χ1v) is 5.74. The summed E-state index contributed by atoms with van der Waals surface area (Å²) in [7, 11) is 0. The minimum atomic E-state index is -1.09. The number of aliphatic carboxylic acids is 1. The van der Waals surface area contributed by atoms with Crippen LogP contribution in [-0.4, -0.2) is 23.0 Å². The number of rotatable bonds is 5. The minimum absolute atomic E-state index is 0.174. The largest absolute Gasteiger partial charge is 0.480 e. The molecule has 1 aromatic carbocycles. The number of halogens is 1. The first kappa shape index (κ1) is 14.3. The van der Waals surface area contributed by atoms with Crippen LogP contribution in [0.5, 0.6) is 0 Å². The smallest absolute Gasteiger partial charge is 0.326 e. The van der Waals surface area contributed by atoms with Crippen molar-refractivity contribution in [2.75, 3.05) is 0 Å². The Bertz CT molecular complexity index is 485. The lowest BCUT2D eigenvalue weighted by Gasteiger charge is -2.13. The Hall–Kier alpha value is -1.81. The first-order valence-electron chi connectivity index (χ1n) is 5.36. The molecular weight excluding hydrogens is 254 g/mol. The third kappa shape index (κ3) is 3.60. The van der Waals surface area contributed by atoms with E-state index < -0.39 is 17.9 Å². The predicted octanol–water partition coefficient (Wildman–Crippen LogP) is 2.41. The Morgan fingerprint density at radius 2 is 2.22 bits per heavy atom. The van der Waals surface area contributed by atoms with Gasteiger partial charge in [0.25, 0.3) is 5.91 Å². The van der Waals surface area contributed by atoms with Crippen LogP contribution < -0.4 is 5.32 Å². The van der Waals surface area contributed by atoms with Crippen molar-refractivity contribution in [2.24, 2.45) is 0 Å². The fourth-order valence-corrected chi connectivity index (χ4v) is 1.73. The zero-order valence-corrected chi connectivity index (χ0v) is 10.7. The number of carboxylic acids is 1. The second kappa shape index (κ2) is 6.21. The summed E-state index contributed by atoms with van der Waals surface area (Å²) >= 11 is 5.79. The summed E-state index contributed by atoms with van der Waals surface area (Å²) in [5.74, 6) is -1.52. The maximum atomic E-state index is 11.9. The Morgan fingerprint density at radius 1 is 1.56 bits per heavy atom. The van der Waals surface area contributed by atoms with Crippen molar-refractivity contribution in [3.63, 3.8) is 0 Å². The fraction of sp³-hybridized carbons (Fsp3) is 0.231. The van der Waals surface area contributed by atoms with Crippen LogP contribution in [0.2, 0.25) is 5.02 Å². The molecule has 18 heavy (non-hydrogen) atoms. The molecule has 1 amide bonds. The van der Waals surface area contributed by atoms with Gasteiger partial charge in [-0.15, -0.1) is 6.58 Å². The zero-order valence-electron chi connectivity index (χ0n) is 9.94. The summed E-state index contributed by atoms with van der Waals surface area (Å²) in [6, 6.07) is 3.84. The van der Waals surface area contributed by atoms with Crippen molar-refractivity contribution in [3.8, 4) is 0 Å². The third-order valence-corrected chi connectivity index (χ3v) is 2.67. The van der Waals surface area contributed by atoms with E-state index in [1.807, 2.05) is 0 Å². The molecule has 0 aliphatic rings. The minimum Gasteiger partial charge on any atom is -0.480 e. The topological polar surface area (TPSA) is 66.4 Å². The maximum Gasteiger partial charge on any atom is 0.326 e. The van der Waals surface area contributed by atoms with Gasteiger partial charge in [-0.25, -0.2) is 4.79 Å². The summed E-state index contributed by atoms with van der Waals surface area (Å²) in [5, 5.41) is 11.9. The van der Waals surface area contributed by atoms with E-state index in [1.165, 1.54) is 6.08 Å². The number of amides is 1. The van der Waals surface area contributed by atoms with Gasteiger partial charge < -0.3 is 10.4 Å². The highest BCUT2D eigenvalue weighted by Gasteiger charge is 2.19. The van der Waals surface area contributed by atoms with Gasteiger partial charge in [-0.05, 0) is 37.1 Å². The molecule has 0 saturated heterocycles. The van der Waals surface area contributed by atoms with Gasteiger partial charge in [0.15, 0.2) is 0 Å². The molecule has 0 radical (unpaired) electrons. The monoisotopic (exact) mass is 267 g/mol. The lowest BCUT2D eigenvalue weighted by Crippen LogP contribution is -2.40. The van der Waals surface area contributed by atoms with Crippen molar-refractivity contribution in [3.05, 3.63) is 47.0 Å². The molecule has 0 fully saturated rings. The summed E-state index contributed by atoms with van der Waals surface area (Å²) < 4.78 is 0. The molecule has 1 atom stereocenters. The van der Waals surface area contributed by atoms with Gasteiger partial charge >= 0.3 is 5.97 Å². The molecule has 4 nitrogen and oxygen atoms in total. The van der Waals surface area contributed by atoms with Crippen molar-refractivity contribution >= 4 is 23.5 Å². The van der Waals surface area contributed by atoms with Crippen LogP contribution in [0.25, 0.3) is 0 Å². The van der Waals surface area contributed by atoms with E-state index in [9.17, 15) is 9.59 Å². The van der Waals surface area contributed by atoms with Crippen LogP contribution in [0.15, 0.2) is 30.9 Å². The Morgan fingerprint density at radius 3 is 2.72 bits per heavy atom. The molecule has 0 spiro atoms. The van der Waals surface area contributed by atoms with Crippen LogP contribution in [0.4, 0.5) is 0 Å². The molecule has 0 saturated carbocycles. The van der Waals surface area contributed by atoms with E-state index in [1.54, 1.807) is 25.1 Å². The number of aryl methyl sites for hydroxylation is 1. The Labute approximate surface area is 110 Å². The number of hydrogen-bond donors (Lipinski definition) is 2. The summed E-state index contributed by atoms with van der Waals surface area (Å²) in [6.45, 7) is 5.20. The molecule has 96 valence electrons. The normalized spacial score (nSPS) is 11.7. The quantitative estimate of drug-likeness (QED) is 0.805. The number of carbonyl (C=O) groups excluding carboxylic acids is 1. The second-order valence-corrected chi connectivity index (χ2v) is 4.28. The maximum absolute atomic E-state index is 11.9. The van der Waals surface area contributed by atoms with Crippen molar-refractivity contribution in [1.82, 2.24) is 5.32 Å². The highest BCUT2D eigenvalue weighted by atomic mass is 35.5. The number of hydrogen-bond acceptors (Lipinski definition) is 2. The Balaban J connectivity index is 2.86. The van der Waals surface area contributed by atoms with E-state index in [0.29, 0.717) is 16.1 Å². The number of carboxylic acid groups (broad SMARTS) is 1. The van der Waals surface area contributed by atoms with Crippen molar-refractivity contribution < 1.29 is 14.7 Å². The molecule has 0 aromatic heterocycles. The molecular formula is C13H14ClNO3. The summed E-state index contributed by atoms with van der Waals surface area (Å²) in [4.78, 5) is 22.8. The molecule has 0 aliphatic carbocycles. The SMILES string of the molecule is C=CCC(NC(=O)c1ccc(Cl)cc1C)C(=O)O. The number of nitrogens with one attached hydrogen (secondary N) is 1. The lowest BCUT2D eigenvalue weighted by molar-refractivity contribution is -0.139. The highest BCUT2D eigenvalue weighted by Crippen LogP contribution is 2.15. The number of carbonyl (C=O) groups is 2. The van der Waals surface area contributed by atoms with Gasteiger partial charge in [0.1, 0.15) is 6.04 Å². The van der Waals surface area contributed by atoms with E-state index in [4.69, 9.17) is 16.7 Å². The van der Waals surface area contributed by atoms with Gasteiger partial charge in [-0.1, -0.05) is 17.7 Å². The molecule has 1 aromatic rings. The lowest BCUT2D eigenvalue weighted by atomic mass is 10.1. The molecule has 0 aliphatic heterocycles. The van der Waals surface area contributed by atoms with Gasteiger partial charge in [0, 0.05) is 10.6 Å². The van der Waals surface area contributed by atoms with E-state index >= 15 is 0 Å². The van der Waals surface area contributed by atoms with Crippen molar-refractivity contribution in [1.29, 1.82) is 0 Å². The Kier molecular flexibility index (Phi) is 4.92. The van der Waals surface area contributed by atoms with E-state index in [2.05, 4.69) is 11.9 Å². The van der Waals surface area contributed by atoms with Crippen LogP contribution >= 0.6 is 11.6 Å². The van der Waals surface area contributed by atoms with Crippen LogP contribution in [0, 0.1) is 6.92 Å². The molecule has 2 N–H and O–H groups in total. The average Bonchev–Trinajstić information content (AvgIpc) is 2.27. The standard InChI is InChI=1S/C13H14ClNO3/c1-3-4-11(13(17)18)15-12(16)10-6-5-9(14)7-8(10)2/h3,5-7,11H,1,4H2,2H3,(H,15,16)(H,17,18). The molecule has 5 heteroatoms. The molecule has 1 rings (SSSR count). The van der Waals surface area contributed by atoms with E-state index in [-0.39, 0.29) is 6.42 Å². The van der Waals surface area contributed by atoms with Gasteiger partial charge in [0.2, 0.25) is 0 Å². The predicted molar refractivity (Wildman–Crippen MR) is 69.9 cm³/mol. The number of benzene rings is 1. The molecule has 0 bridgehead atoms. The van der Waals surface area contributed by atoms with Crippen LogP contribution in [0.3, 0.4) is 0 Å². The average molecular weight is 268 g/mol. The zero-order chi connectivity index (χ0) is 13.7. The molecule has 0 heterocycles. The van der Waals surface area contributed by atoms with Crippen LogP contribution in [-0.2, 0) is 4.79 Å². The van der Waals surface area contributed by atoms with E-state index in [0.717, 1.165) is 0 Å². The van der Waals surface area contributed by atoms with Crippen LogP contribution in [0.1, 0.15) is 22.3 Å². The van der Waals surface area contributed by atoms with Gasteiger partial charge in [-0.2, -0.15) is 0 Å². The van der Waals surface area contributed by atoms with Crippen molar-refractivity contribution in [2.45, 2.75) is 19.4 Å². The third-order valence-electron chi connectivity index (χ3n) is 2.44. The summed E-state index contributed by atoms with van der Waals surface area (Å²) in [6.07, 6.45) is 1.63. The second-order valence-electron chi connectivity index (χ2n) is 3.85. The first-order chi connectivity index (χ1) is 8.45.